The van der Waals surface area contributed by atoms with Gasteiger partial charge < -0.3 is 14.8 Å². The van der Waals surface area contributed by atoms with Crippen molar-refractivity contribution >= 4 is 10.9 Å². The van der Waals surface area contributed by atoms with Crippen molar-refractivity contribution in [3.8, 4) is 5.75 Å². The lowest BCUT2D eigenvalue weighted by molar-refractivity contribution is 0.142. The van der Waals surface area contributed by atoms with Gasteiger partial charge in [-0.05, 0) is 12.1 Å². The Bertz CT molecular complexity index is 607. The van der Waals surface area contributed by atoms with E-state index >= 15 is 0 Å². The fourth-order valence-corrected chi connectivity index (χ4v) is 2.48. The summed E-state index contributed by atoms with van der Waals surface area (Å²) in [6, 6.07) is 10.6. The zero-order chi connectivity index (χ0) is 14.7. The summed E-state index contributed by atoms with van der Waals surface area (Å²) < 4.78 is 11.5. The Kier molecular flexibility index (Phi) is 4.36. The summed E-state index contributed by atoms with van der Waals surface area (Å²) in [6.07, 6.45) is 1.11. The lowest BCUT2D eigenvalue weighted by Gasteiger charge is -2.16. The number of para-hydroxylation sites is 1. The first kappa shape index (κ1) is 14.3. The molecule has 1 aromatic carbocycles. The zero-order valence-electron chi connectivity index (χ0n) is 12.6. The maximum Gasteiger partial charge on any atom is 0.131 e. The van der Waals surface area contributed by atoms with E-state index in [1.54, 1.807) is 0 Å². The van der Waals surface area contributed by atoms with Crippen LogP contribution in [0.15, 0.2) is 30.3 Å². The van der Waals surface area contributed by atoms with Crippen LogP contribution in [0.4, 0.5) is 0 Å². The van der Waals surface area contributed by atoms with Gasteiger partial charge in [-0.2, -0.15) is 0 Å². The third kappa shape index (κ3) is 3.52. The molecule has 3 rings (SSSR count). The Labute approximate surface area is 125 Å². The lowest BCUT2D eigenvalue weighted by Crippen LogP contribution is -2.22. The summed E-state index contributed by atoms with van der Waals surface area (Å²) in [6.45, 7) is 6.48. The van der Waals surface area contributed by atoms with Gasteiger partial charge in [0.2, 0.25) is 0 Å². The summed E-state index contributed by atoms with van der Waals surface area (Å²) >= 11 is 0. The van der Waals surface area contributed by atoms with Crippen LogP contribution in [0.3, 0.4) is 0 Å². The van der Waals surface area contributed by atoms with Crippen molar-refractivity contribution in [2.45, 2.75) is 39.0 Å². The smallest absolute Gasteiger partial charge is 0.131 e. The van der Waals surface area contributed by atoms with E-state index in [0.29, 0.717) is 12.6 Å². The first-order valence-corrected chi connectivity index (χ1v) is 7.59. The van der Waals surface area contributed by atoms with Crippen LogP contribution < -0.4 is 10.1 Å². The number of fused-ring (bicyclic) bond motifs is 1. The van der Waals surface area contributed by atoms with Crippen molar-refractivity contribution in [3.05, 3.63) is 36.0 Å². The normalized spacial score (nSPS) is 18.5. The molecule has 4 heteroatoms. The van der Waals surface area contributed by atoms with Crippen LogP contribution in [0.5, 0.6) is 5.75 Å². The number of ether oxygens (including phenoxy) is 2. The van der Waals surface area contributed by atoms with E-state index in [9.17, 15) is 0 Å². The van der Waals surface area contributed by atoms with E-state index in [1.165, 1.54) is 0 Å². The van der Waals surface area contributed by atoms with Crippen LogP contribution in [0, 0.1) is 0 Å². The third-order valence-corrected chi connectivity index (χ3v) is 3.60. The van der Waals surface area contributed by atoms with Gasteiger partial charge in [-0.15, -0.1) is 0 Å². The number of rotatable bonds is 5. The summed E-state index contributed by atoms with van der Waals surface area (Å²) in [7, 11) is 0. The molecule has 1 aliphatic heterocycles. The summed E-state index contributed by atoms with van der Waals surface area (Å²) in [5.41, 5.74) is 1.99. The second-order valence-corrected chi connectivity index (χ2v) is 5.77. The number of nitrogens with zero attached hydrogens (tertiary/aromatic N) is 1. The van der Waals surface area contributed by atoms with Gasteiger partial charge in [0.05, 0.1) is 24.4 Å². The van der Waals surface area contributed by atoms with Gasteiger partial charge in [0.1, 0.15) is 11.9 Å². The first-order valence-electron chi connectivity index (χ1n) is 7.59. The SMILES string of the molecule is CC(C)NCc1cc(OC2CCOC2)c2ccccc2n1. The molecule has 0 saturated carbocycles. The van der Waals surface area contributed by atoms with E-state index in [4.69, 9.17) is 14.5 Å². The van der Waals surface area contributed by atoms with Crippen LogP contribution in [0.2, 0.25) is 0 Å². The average molecular weight is 286 g/mol. The van der Waals surface area contributed by atoms with Gasteiger partial charge in [0.15, 0.2) is 0 Å². The maximum absolute atomic E-state index is 6.14. The highest BCUT2D eigenvalue weighted by atomic mass is 16.5. The number of nitrogens with one attached hydrogen (secondary N) is 1. The monoisotopic (exact) mass is 286 g/mol. The van der Waals surface area contributed by atoms with E-state index in [2.05, 4.69) is 31.3 Å². The number of pyridine rings is 1. The minimum Gasteiger partial charge on any atom is -0.487 e. The molecule has 1 saturated heterocycles. The molecule has 1 unspecified atom stereocenters. The molecule has 0 spiro atoms. The maximum atomic E-state index is 6.14. The number of hydrogen-bond acceptors (Lipinski definition) is 4. The standard InChI is InChI=1S/C17H22N2O2/c1-12(2)18-10-13-9-17(21-14-7-8-20-11-14)15-5-3-4-6-16(15)19-13/h3-6,9,12,14,18H,7-8,10-11H2,1-2H3. The molecule has 0 bridgehead atoms. The minimum absolute atomic E-state index is 0.154. The molecule has 0 radical (unpaired) electrons. The van der Waals surface area contributed by atoms with Crippen molar-refractivity contribution < 1.29 is 9.47 Å². The lowest BCUT2D eigenvalue weighted by atomic mass is 10.1. The van der Waals surface area contributed by atoms with Crippen LogP contribution in [0.25, 0.3) is 10.9 Å². The van der Waals surface area contributed by atoms with Gasteiger partial charge in [-0.25, -0.2) is 0 Å². The Balaban J connectivity index is 1.90. The first-order chi connectivity index (χ1) is 10.2. The van der Waals surface area contributed by atoms with Crippen molar-refractivity contribution in [2.75, 3.05) is 13.2 Å². The average Bonchev–Trinajstić information content (AvgIpc) is 2.98. The van der Waals surface area contributed by atoms with Gasteiger partial charge in [0.25, 0.3) is 0 Å². The van der Waals surface area contributed by atoms with Gasteiger partial charge in [-0.3, -0.25) is 4.98 Å². The van der Waals surface area contributed by atoms with Crippen molar-refractivity contribution in [2.24, 2.45) is 0 Å². The molecule has 2 aromatic rings. The Morgan fingerprint density at radius 3 is 3.00 bits per heavy atom. The summed E-state index contributed by atoms with van der Waals surface area (Å²) in [5, 5.41) is 4.47. The summed E-state index contributed by atoms with van der Waals surface area (Å²) in [4.78, 5) is 4.71. The van der Waals surface area contributed by atoms with Gasteiger partial charge in [-0.1, -0.05) is 26.0 Å². The Morgan fingerprint density at radius 1 is 1.38 bits per heavy atom. The Morgan fingerprint density at radius 2 is 2.24 bits per heavy atom. The molecule has 0 amide bonds. The van der Waals surface area contributed by atoms with Crippen LogP contribution >= 0.6 is 0 Å². The van der Waals surface area contributed by atoms with Crippen LogP contribution in [0.1, 0.15) is 26.0 Å². The van der Waals surface area contributed by atoms with Crippen LogP contribution in [-0.4, -0.2) is 30.3 Å². The van der Waals surface area contributed by atoms with E-state index in [-0.39, 0.29) is 6.10 Å². The predicted octanol–water partition coefficient (Wildman–Crippen LogP) is 2.90. The number of benzene rings is 1. The molecular formula is C17H22N2O2. The third-order valence-electron chi connectivity index (χ3n) is 3.60. The van der Waals surface area contributed by atoms with E-state index in [0.717, 1.165) is 41.9 Å². The predicted molar refractivity (Wildman–Crippen MR) is 83.6 cm³/mol. The molecule has 2 heterocycles. The fraction of sp³-hybridized carbons (Fsp3) is 0.471. The van der Waals surface area contributed by atoms with Gasteiger partial charge in [0, 0.05) is 30.5 Å². The number of aromatic nitrogens is 1. The van der Waals surface area contributed by atoms with E-state index < -0.39 is 0 Å². The fourth-order valence-electron chi connectivity index (χ4n) is 2.48. The number of hydrogen-bond donors (Lipinski definition) is 1. The highest BCUT2D eigenvalue weighted by molar-refractivity contribution is 5.85. The van der Waals surface area contributed by atoms with Crippen molar-refractivity contribution in [1.29, 1.82) is 0 Å². The van der Waals surface area contributed by atoms with E-state index in [1.807, 2.05) is 18.2 Å². The second kappa shape index (κ2) is 6.41. The zero-order valence-corrected chi connectivity index (χ0v) is 12.6. The molecule has 1 fully saturated rings. The Hall–Kier alpha value is -1.65. The minimum atomic E-state index is 0.154. The molecule has 1 aromatic heterocycles. The molecule has 21 heavy (non-hydrogen) atoms. The highest BCUT2D eigenvalue weighted by Gasteiger charge is 2.19. The molecule has 0 aliphatic carbocycles. The molecule has 4 nitrogen and oxygen atoms in total. The van der Waals surface area contributed by atoms with Crippen molar-refractivity contribution in [1.82, 2.24) is 10.3 Å². The quantitative estimate of drug-likeness (QED) is 0.918. The molecule has 112 valence electrons. The van der Waals surface area contributed by atoms with Crippen molar-refractivity contribution in [3.63, 3.8) is 0 Å². The van der Waals surface area contributed by atoms with Crippen LogP contribution in [-0.2, 0) is 11.3 Å². The molecule has 1 atom stereocenters. The highest BCUT2D eigenvalue weighted by Crippen LogP contribution is 2.27. The summed E-state index contributed by atoms with van der Waals surface area (Å²) in [5.74, 6) is 0.914. The topological polar surface area (TPSA) is 43.4 Å². The molecule has 1 N–H and O–H groups in total. The molecule has 1 aliphatic rings. The van der Waals surface area contributed by atoms with Gasteiger partial charge >= 0.3 is 0 Å². The largest absolute Gasteiger partial charge is 0.487 e. The molecular weight excluding hydrogens is 264 g/mol. The second-order valence-electron chi connectivity index (χ2n) is 5.77.